The molecule has 0 atom stereocenters. The van der Waals surface area contributed by atoms with Gasteiger partial charge >= 0.3 is 12.0 Å². The Kier molecular flexibility index (Phi) is 4.66. The van der Waals surface area contributed by atoms with E-state index in [1.807, 2.05) is 18.2 Å². The van der Waals surface area contributed by atoms with E-state index < -0.39 is 5.97 Å². The summed E-state index contributed by atoms with van der Waals surface area (Å²) in [4.78, 5) is 30.0. The number of rotatable bonds is 8. The minimum absolute atomic E-state index is 0.0766. The smallest absolute Gasteiger partial charge is 0.319 e. The maximum Gasteiger partial charge on any atom is 0.319 e. The van der Waals surface area contributed by atoms with Crippen molar-refractivity contribution in [3.63, 3.8) is 0 Å². The van der Waals surface area contributed by atoms with Gasteiger partial charge in [-0.3, -0.25) is 9.69 Å². The van der Waals surface area contributed by atoms with Crippen LogP contribution in [0, 0.1) is 5.92 Å². The second-order valence-electron chi connectivity index (χ2n) is 8.70. The summed E-state index contributed by atoms with van der Waals surface area (Å²) in [5, 5.41) is 15.0. The van der Waals surface area contributed by atoms with E-state index in [0.29, 0.717) is 17.5 Å². The highest BCUT2D eigenvalue weighted by molar-refractivity contribution is 5.91. The van der Waals surface area contributed by atoms with Crippen LogP contribution in [-0.2, 0) is 4.79 Å². The summed E-state index contributed by atoms with van der Waals surface area (Å²) in [5.41, 5.74) is 2.19. The number of carboxylic acid groups (broad SMARTS) is 1. The average molecular weight is 398 g/mol. The lowest BCUT2D eigenvalue weighted by Crippen LogP contribution is -2.55. The van der Waals surface area contributed by atoms with E-state index >= 15 is 0 Å². The Labute approximate surface area is 168 Å². The van der Waals surface area contributed by atoms with Crippen molar-refractivity contribution < 1.29 is 19.1 Å². The number of nitrogens with zero attached hydrogens (tertiary/aromatic N) is 2. The number of nitrogens with one attached hydrogen (secondary N) is 2. The van der Waals surface area contributed by atoms with Gasteiger partial charge in [-0.2, -0.15) is 0 Å². The number of amides is 2. The zero-order chi connectivity index (χ0) is 20.0. The molecule has 0 aliphatic heterocycles. The first-order valence-electron chi connectivity index (χ1n) is 10.5. The molecule has 3 N–H and O–H groups in total. The standard InChI is InChI=1S/C21H26N4O4/c26-19(27)11-25(10-12-1-2-12)16-7-15(8-16)23-21(28)22-14-5-6-18-17(9-14)24-20(29-18)13-3-4-13/h5-6,9,12-13,15-16H,1-4,7-8,10-11H2,(H,26,27)(H2,22,23,28). The Morgan fingerprint density at radius 2 is 2.00 bits per heavy atom. The molecule has 0 bridgehead atoms. The summed E-state index contributed by atoms with van der Waals surface area (Å²) in [7, 11) is 0. The van der Waals surface area contributed by atoms with E-state index in [0.717, 1.165) is 49.2 Å². The Bertz CT molecular complexity index is 928. The van der Waals surface area contributed by atoms with Gasteiger partial charge in [0, 0.05) is 30.2 Å². The van der Waals surface area contributed by atoms with Gasteiger partial charge in [-0.25, -0.2) is 9.78 Å². The molecule has 154 valence electrons. The molecule has 3 aliphatic carbocycles. The van der Waals surface area contributed by atoms with Gasteiger partial charge in [0.25, 0.3) is 0 Å². The number of aromatic nitrogens is 1. The number of carbonyl (C=O) groups is 2. The van der Waals surface area contributed by atoms with Crippen LogP contribution >= 0.6 is 0 Å². The van der Waals surface area contributed by atoms with Crippen LogP contribution in [0.25, 0.3) is 11.1 Å². The van der Waals surface area contributed by atoms with Crippen LogP contribution in [0.4, 0.5) is 10.5 Å². The van der Waals surface area contributed by atoms with E-state index in [1.54, 1.807) is 0 Å². The molecule has 0 spiro atoms. The molecular weight excluding hydrogens is 372 g/mol. The summed E-state index contributed by atoms with van der Waals surface area (Å²) in [6, 6.07) is 5.56. The third-order valence-electron chi connectivity index (χ3n) is 6.08. The molecule has 3 fully saturated rings. The monoisotopic (exact) mass is 398 g/mol. The predicted molar refractivity (Wildman–Crippen MR) is 107 cm³/mol. The van der Waals surface area contributed by atoms with E-state index in [2.05, 4.69) is 20.5 Å². The Hall–Kier alpha value is -2.61. The Morgan fingerprint density at radius 3 is 2.69 bits per heavy atom. The number of hydrogen-bond donors (Lipinski definition) is 3. The third-order valence-corrected chi connectivity index (χ3v) is 6.08. The average Bonchev–Trinajstić information content (AvgIpc) is 3.55. The molecule has 0 radical (unpaired) electrons. The van der Waals surface area contributed by atoms with Crippen molar-refractivity contribution in [1.29, 1.82) is 0 Å². The number of urea groups is 1. The maximum absolute atomic E-state index is 12.3. The van der Waals surface area contributed by atoms with Crippen molar-refractivity contribution >= 4 is 28.8 Å². The molecule has 5 rings (SSSR count). The van der Waals surface area contributed by atoms with Gasteiger partial charge in [0.1, 0.15) is 5.52 Å². The van der Waals surface area contributed by atoms with Gasteiger partial charge in [-0.15, -0.1) is 0 Å². The zero-order valence-corrected chi connectivity index (χ0v) is 16.3. The molecule has 2 aromatic rings. The van der Waals surface area contributed by atoms with E-state index in [-0.39, 0.29) is 24.7 Å². The van der Waals surface area contributed by atoms with Crippen molar-refractivity contribution in [2.24, 2.45) is 5.92 Å². The summed E-state index contributed by atoms with van der Waals surface area (Å²) < 4.78 is 5.75. The lowest BCUT2D eigenvalue weighted by molar-refractivity contribution is -0.139. The topological polar surface area (TPSA) is 108 Å². The second-order valence-corrected chi connectivity index (χ2v) is 8.70. The highest BCUT2D eigenvalue weighted by Crippen LogP contribution is 2.40. The Morgan fingerprint density at radius 1 is 1.21 bits per heavy atom. The molecule has 29 heavy (non-hydrogen) atoms. The highest BCUT2D eigenvalue weighted by atomic mass is 16.4. The van der Waals surface area contributed by atoms with E-state index in [4.69, 9.17) is 9.52 Å². The van der Waals surface area contributed by atoms with Crippen molar-refractivity contribution in [3.8, 4) is 0 Å². The first-order chi connectivity index (χ1) is 14.0. The predicted octanol–water partition coefficient (Wildman–Crippen LogP) is 3.15. The van der Waals surface area contributed by atoms with Crippen LogP contribution < -0.4 is 10.6 Å². The lowest BCUT2D eigenvalue weighted by atomic mass is 9.85. The van der Waals surface area contributed by atoms with Crippen molar-refractivity contribution in [1.82, 2.24) is 15.2 Å². The molecule has 8 heteroatoms. The van der Waals surface area contributed by atoms with E-state index in [1.165, 1.54) is 12.8 Å². The number of carboxylic acids is 1. The minimum atomic E-state index is -0.784. The summed E-state index contributed by atoms with van der Waals surface area (Å²) in [6.07, 6.45) is 6.25. The molecule has 1 heterocycles. The molecule has 0 saturated heterocycles. The van der Waals surface area contributed by atoms with Gasteiger partial charge in [0.15, 0.2) is 11.5 Å². The number of aliphatic carboxylic acids is 1. The van der Waals surface area contributed by atoms with Crippen molar-refractivity contribution in [3.05, 3.63) is 24.1 Å². The molecule has 0 unspecified atom stereocenters. The number of anilines is 1. The number of benzene rings is 1. The molecule has 1 aromatic carbocycles. The SMILES string of the molecule is O=C(O)CN(CC1CC1)C1CC(NC(=O)Nc2ccc3oc(C4CC4)nc3c2)C1. The number of fused-ring (bicyclic) bond motifs is 1. The van der Waals surface area contributed by atoms with Crippen LogP contribution in [0.1, 0.15) is 50.3 Å². The molecule has 8 nitrogen and oxygen atoms in total. The molecule has 1 aromatic heterocycles. The normalized spacial score (nSPS) is 23.8. The molecule has 3 aliphatic rings. The highest BCUT2D eigenvalue weighted by Gasteiger charge is 2.37. The van der Waals surface area contributed by atoms with Gasteiger partial charge < -0.3 is 20.2 Å². The minimum Gasteiger partial charge on any atom is -0.480 e. The first-order valence-corrected chi connectivity index (χ1v) is 10.5. The van der Waals surface area contributed by atoms with Crippen LogP contribution in [0.3, 0.4) is 0 Å². The molecular formula is C21H26N4O4. The van der Waals surface area contributed by atoms with Crippen LogP contribution in [0.15, 0.2) is 22.6 Å². The van der Waals surface area contributed by atoms with Crippen molar-refractivity contribution in [2.75, 3.05) is 18.4 Å². The largest absolute Gasteiger partial charge is 0.480 e. The van der Waals surface area contributed by atoms with Crippen molar-refractivity contribution in [2.45, 2.75) is 56.5 Å². The quantitative estimate of drug-likeness (QED) is 0.630. The molecule has 3 saturated carbocycles. The fraction of sp³-hybridized carbons (Fsp3) is 0.571. The fourth-order valence-electron chi connectivity index (χ4n) is 4.03. The summed E-state index contributed by atoms with van der Waals surface area (Å²) in [5.74, 6) is 1.11. The van der Waals surface area contributed by atoms with Crippen LogP contribution in [0.5, 0.6) is 0 Å². The lowest BCUT2D eigenvalue weighted by Gasteiger charge is -2.42. The van der Waals surface area contributed by atoms with Crippen LogP contribution in [-0.4, -0.2) is 52.2 Å². The zero-order valence-electron chi connectivity index (χ0n) is 16.3. The number of carbonyl (C=O) groups excluding carboxylic acids is 1. The maximum atomic E-state index is 12.3. The Balaban J connectivity index is 1.12. The van der Waals surface area contributed by atoms with Gasteiger partial charge in [-0.05, 0) is 62.6 Å². The van der Waals surface area contributed by atoms with Gasteiger partial charge in [-0.1, -0.05) is 0 Å². The van der Waals surface area contributed by atoms with Gasteiger partial charge in [0.05, 0.1) is 6.54 Å². The van der Waals surface area contributed by atoms with Crippen LogP contribution in [0.2, 0.25) is 0 Å². The third kappa shape index (κ3) is 4.37. The van der Waals surface area contributed by atoms with E-state index in [9.17, 15) is 9.59 Å². The number of oxazole rings is 1. The number of hydrogen-bond acceptors (Lipinski definition) is 5. The second kappa shape index (κ2) is 7.33. The summed E-state index contributed by atoms with van der Waals surface area (Å²) >= 11 is 0. The van der Waals surface area contributed by atoms with Gasteiger partial charge in [0.2, 0.25) is 0 Å². The fourth-order valence-corrected chi connectivity index (χ4v) is 4.03. The first kappa shape index (κ1) is 18.4. The summed E-state index contributed by atoms with van der Waals surface area (Å²) in [6.45, 7) is 0.942. The molecule has 2 amide bonds.